The first kappa shape index (κ1) is 13.7. The lowest BCUT2D eigenvalue weighted by molar-refractivity contribution is -0.387. The molecule has 0 unspecified atom stereocenters. The first-order chi connectivity index (χ1) is 9.40. The van der Waals surface area contributed by atoms with Gasteiger partial charge in [0.25, 0.3) is 0 Å². The fourth-order valence-electron chi connectivity index (χ4n) is 1.81. The van der Waals surface area contributed by atoms with Gasteiger partial charge in [-0.2, -0.15) is 4.39 Å². The smallest absolute Gasteiger partial charge is 0.338 e. The van der Waals surface area contributed by atoms with Crippen molar-refractivity contribution in [3.8, 4) is 11.1 Å². The summed E-state index contributed by atoms with van der Waals surface area (Å²) in [6, 6.07) is 9.08. The Morgan fingerprint density at radius 1 is 1.20 bits per heavy atom. The van der Waals surface area contributed by atoms with Crippen molar-refractivity contribution in [2.75, 3.05) is 0 Å². The number of halogens is 1. The summed E-state index contributed by atoms with van der Waals surface area (Å²) in [5.41, 5.74) is 0.302. The molecule has 5 nitrogen and oxygen atoms in total. The summed E-state index contributed by atoms with van der Waals surface area (Å²) in [6.45, 7) is 1.87. The molecule has 0 radical (unpaired) electrons. The molecule has 0 aliphatic rings. The number of nitro groups is 1. The maximum absolute atomic E-state index is 13.7. The summed E-state index contributed by atoms with van der Waals surface area (Å²) >= 11 is 0. The van der Waals surface area contributed by atoms with Gasteiger partial charge in [-0.3, -0.25) is 10.1 Å². The van der Waals surface area contributed by atoms with Gasteiger partial charge < -0.3 is 5.11 Å². The van der Waals surface area contributed by atoms with Crippen LogP contribution in [-0.4, -0.2) is 16.0 Å². The van der Waals surface area contributed by atoms with Crippen molar-refractivity contribution in [3.05, 3.63) is 63.5 Å². The van der Waals surface area contributed by atoms with E-state index in [9.17, 15) is 19.3 Å². The highest BCUT2D eigenvalue weighted by molar-refractivity contribution is 5.91. The zero-order valence-electron chi connectivity index (χ0n) is 10.5. The number of benzene rings is 2. The molecule has 0 aromatic heterocycles. The normalized spacial score (nSPS) is 10.3. The molecule has 0 spiro atoms. The van der Waals surface area contributed by atoms with Gasteiger partial charge in [0.1, 0.15) is 5.56 Å². The number of carboxylic acid groups (broad SMARTS) is 1. The van der Waals surface area contributed by atoms with Gasteiger partial charge in [-0.15, -0.1) is 0 Å². The second-order valence-electron chi connectivity index (χ2n) is 4.29. The minimum Gasteiger partial charge on any atom is -0.478 e. The van der Waals surface area contributed by atoms with E-state index in [1.54, 1.807) is 24.3 Å². The van der Waals surface area contributed by atoms with Gasteiger partial charge >= 0.3 is 11.7 Å². The summed E-state index contributed by atoms with van der Waals surface area (Å²) in [4.78, 5) is 20.8. The average molecular weight is 275 g/mol. The van der Waals surface area contributed by atoms with Gasteiger partial charge in [-0.25, -0.2) is 4.79 Å². The van der Waals surface area contributed by atoms with Crippen LogP contribution in [0.5, 0.6) is 0 Å². The number of aryl methyl sites for hydroxylation is 1. The molecule has 0 aliphatic heterocycles. The van der Waals surface area contributed by atoms with E-state index in [0.29, 0.717) is 5.56 Å². The second-order valence-corrected chi connectivity index (χ2v) is 4.29. The maximum atomic E-state index is 13.7. The Morgan fingerprint density at radius 3 is 2.30 bits per heavy atom. The molecule has 0 fully saturated rings. The lowest BCUT2D eigenvalue weighted by Gasteiger charge is -2.06. The SMILES string of the molecule is Cc1ccc(-c2cc(C(=O)O)c(F)c([N+](=O)[O-])c2)cc1. The third-order valence-electron chi connectivity index (χ3n) is 2.87. The molecule has 0 aliphatic carbocycles. The Balaban J connectivity index is 2.68. The largest absolute Gasteiger partial charge is 0.478 e. The summed E-state index contributed by atoms with van der Waals surface area (Å²) in [5, 5.41) is 19.7. The molecule has 1 N–H and O–H groups in total. The van der Waals surface area contributed by atoms with Gasteiger partial charge in [0.15, 0.2) is 0 Å². The lowest BCUT2D eigenvalue weighted by Crippen LogP contribution is -2.04. The first-order valence-corrected chi connectivity index (χ1v) is 5.68. The van der Waals surface area contributed by atoms with Crippen LogP contribution in [-0.2, 0) is 0 Å². The number of hydrogen-bond acceptors (Lipinski definition) is 3. The van der Waals surface area contributed by atoms with Gasteiger partial charge in [0, 0.05) is 6.07 Å². The molecule has 0 saturated heterocycles. The minimum atomic E-state index is -1.54. The quantitative estimate of drug-likeness (QED) is 0.687. The monoisotopic (exact) mass is 275 g/mol. The molecule has 0 saturated carbocycles. The van der Waals surface area contributed by atoms with Gasteiger partial charge in [-0.05, 0) is 24.1 Å². The minimum absolute atomic E-state index is 0.288. The zero-order valence-corrected chi connectivity index (χ0v) is 10.5. The number of carboxylic acids is 1. The predicted octanol–water partition coefficient (Wildman–Crippen LogP) is 3.41. The Morgan fingerprint density at radius 2 is 1.80 bits per heavy atom. The number of aromatic carboxylic acids is 1. The van der Waals surface area contributed by atoms with Crippen LogP contribution >= 0.6 is 0 Å². The molecule has 0 heterocycles. The van der Waals surface area contributed by atoms with Gasteiger partial charge in [-0.1, -0.05) is 29.8 Å². The number of nitro benzene ring substituents is 1. The van der Waals surface area contributed by atoms with Crippen molar-refractivity contribution in [2.45, 2.75) is 6.92 Å². The number of hydrogen-bond donors (Lipinski definition) is 1. The van der Waals surface area contributed by atoms with E-state index in [2.05, 4.69) is 0 Å². The Kier molecular flexibility index (Phi) is 3.47. The third-order valence-corrected chi connectivity index (χ3v) is 2.87. The molecule has 20 heavy (non-hydrogen) atoms. The Hall–Kier alpha value is -2.76. The summed E-state index contributed by atoms with van der Waals surface area (Å²) in [7, 11) is 0. The van der Waals surface area contributed by atoms with E-state index in [-0.39, 0.29) is 5.56 Å². The van der Waals surface area contributed by atoms with Crippen LogP contribution in [0.1, 0.15) is 15.9 Å². The van der Waals surface area contributed by atoms with E-state index in [0.717, 1.165) is 17.7 Å². The van der Waals surface area contributed by atoms with Crippen LogP contribution in [0.4, 0.5) is 10.1 Å². The summed E-state index contributed by atoms with van der Waals surface area (Å²) in [5.74, 6) is -2.88. The molecule has 6 heteroatoms. The van der Waals surface area contributed by atoms with E-state index < -0.39 is 28.0 Å². The van der Waals surface area contributed by atoms with Crippen LogP contribution in [0.15, 0.2) is 36.4 Å². The molecule has 2 aromatic rings. The van der Waals surface area contributed by atoms with Crippen LogP contribution in [0, 0.1) is 22.9 Å². The zero-order chi connectivity index (χ0) is 14.9. The highest BCUT2D eigenvalue weighted by atomic mass is 19.1. The highest BCUT2D eigenvalue weighted by Gasteiger charge is 2.23. The van der Waals surface area contributed by atoms with Crippen molar-refractivity contribution in [3.63, 3.8) is 0 Å². The summed E-state index contributed by atoms with van der Waals surface area (Å²) in [6.07, 6.45) is 0. The standard InChI is InChI=1S/C14H10FNO4/c1-8-2-4-9(5-3-8)10-6-11(14(17)18)13(15)12(7-10)16(19)20/h2-7H,1H3,(H,17,18). The van der Waals surface area contributed by atoms with Crippen molar-refractivity contribution < 1.29 is 19.2 Å². The molecule has 2 aromatic carbocycles. The fourth-order valence-corrected chi connectivity index (χ4v) is 1.81. The molecular weight excluding hydrogens is 265 g/mol. The topological polar surface area (TPSA) is 80.4 Å². The van der Waals surface area contributed by atoms with Gasteiger partial charge in [0.05, 0.1) is 4.92 Å². The lowest BCUT2D eigenvalue weighted by atomic mass is 10.0. The van der Waals surface area contributed by atoms with Crippen LogP contribution in [0.3, 0.4) is 0 Å². The first-order valence-electron chi connectivity index (χ1n) is 5.68. The Bertz CT molecular complexity index is 660. The molecule has 2 rings (SSSR count). The van der Waals surface area contributed by atoms with E-state index in [1.807, 2.05) is 6.92 Å². The number of nitrogens with zero attached hydrogens (tertiary/aromatic N) is 1. The van der Waals surface area contributed by atoms with Crippen molar-refractivity contribution in [1.82, 2.24) is 0 Å². The third kappa shape index (κ3) is 2.49. The Labute approximate surface area is 113 Å². The predicted molar refractivity (Wildman–Crippen MR) is 70.2 cm³/mol. The average Bonchev–Trinajstić information content (AvgIpc) is 2.39. The molecule has 0 amide bonds. The number of carbonyl (C=O) groups is 1. The van der Waals surface area contributed by atoms with Crippen LogP contribution in [0.25, 0.3) is 11.1 Å². The van der Waals surface area contributed by atoms with Gasteiger partial charge in [0.2, 0.25) is 5.82 Å². The molecule has 0 bridgehead atoms. The van der Waals surface area contributed by atoms with Crippen molar-refractivity contribution in [1.29, 1.82) is 0 Å². The molecule has 102 valence electrons. The molecule has 0 atom stereocenters. The molecular formula is C14H10FNO4. The fraction of sp³-hybridized carbons (Fsp3) is 0.0714. The van der Waals surface area contributed by atoms with E-state index >= 15 is 0 Å². The van der Waals surface area contributed by atoms with Crippen molar-refractivity contribution >= 4 is 11.7 Å². The van der Waals surface area contributed by atoms with Crippen LogP contribution < -0.4 is 0 Å². The van der Waals surface area contributed by atoms with E-state index in [4.69, 9.17) is 5.11 Å². The van der Waals surface area contributed by atoms with Crippen LogP contribution in [0.2, 0.25) is 0 Å². The highest BCUT2D eigenvalue weighted by Crippen LogP contribution is 2.29. The number of rotatable bonds is 3. The second kappa shape index (κ2) is 5.08. The summed E-state index contributed by atoms with van der Waals surface area (Å²) < 4.78 is 13.7. The maximum Gasteiger partial charge on any atom is 0.338 e. The van der Waals surface area contributed by atoms with E-state index in [1.165, 1.54) is 0 Å². The van der Waals surface area contributed by atoms with Crippen molar-refractivity contribution in [2.24, 2.45) is 0 Å².